The number of aliphatic hydroxyl groups excluding tert-OH is 2. The van der Waals surface area contributed by atoms with Crippen LogP contribution < -0.4 is 5.73 Å². The van der Waals surface area contributed by atoms with Gasteiger partial charge in [0, 0.05) is 55.7 Å². The largest absolute Gasteiger partial charge is 0.510 e. The molecule has 1 fully saturated rings. The van der Waals surface area contributed by atoms with E-state index in [0.717, 1.165) is 18.9 Å². The minimum Gasteiger partial charge on any atom is -0.510 e. The van der Waals surface area contributed by atoms with Crippen LogP contribution in [0.3, 0.4) is 0 Å². The normalized spacial score (nSPS) is 28.3. The number of ketones is 1. The van der Waals surface area contributed by atoms with Gasteiger partial charge in [0.15, 0.2) is 5.78 Å². The first kappa shape index (κ1) is 27.1. The molecule has 4 aliphatic carbocycles. The second kappa shape index (κ2) is 9.34. The second-order valence-corrected chi connectivity index (χ2v) is 11.4. The number of fused-ring (bicyclic) bond motifs is 3. The van der Waals surface area contributed by atoms with Gasteiger partial charge in [-0.1, -0.05) is 0 Å². The van der Waals surface area contributed by atoms with E-state index in [1.54, 1.807) is 26.0 Å². The molecular weight excluding hydrogens is 509 g/mol. The van der Waals surface area contributed by atoms with E-state index in [1.165, 1.54) is 12.0 Å². The molecule has 0 aromatic heterocycles. The average molecular weight is 544 g/mol. The van der Waals surface area contributed by atoms with Crippen molar-refractivity contribution in [2.45, 2.75) is 50.3 Å². The lowest BCUT2D eigenvalue weighted by molar-refractivity contribution is -0.131. The zero-order valence-corrected chi connectivity index (χ0v) is 22.5. The Morgan fingerprint density at radius 2 is 1.87 bits per heavy atom. The highest BCUT2D eigenvalue weighted by Crippen LogP contribution is 2.55. The zero-order chi connectivity index (χ0) is 28.5. The Kier molecular flexibility index (Phi) is 6.50. The van der Waals surface area contributed by atoms with Gasteiger partial charge in [-0.3, -0.25) is 19.3 Å². The van der Waals surface area contributed by atoms with Crippen LogP contribution in [-0.4, -0.2) is 82.6 Å². The van der Waals surface area contributed by atoms with Gasteiger partial charge >= 0.3 is 0 Å². The first-order chi connectivity index (χ1) is 18.3. The van der Waals surface area contributed by atoms with Crippen molar-refractivity contribution in [3.63, 3.8) is 0 Å². The topological polar surface area (TPSA) is 154 Å². The van der Waals surface area contributed by atoms with Crippen LogP contribution in [-0.2, 0) is 27.3 Å². The Morgan fingerprint density at radius 1 is 1.21 bits per heavy atom. The van der Waals surface area contributed by atoms with Crippen molar-refractivity contribution in [3.05, 3.63) is 51.2 Å². The van der Waals surface area contributed by atoms with Crippen molar-refractivity contribution < 1.29 is 38.8 Å². The van der Waals surface area contributed by atoms with E-state index < -0.39 is 52.5 Å². The number of methoxy groups -OCH3 is 1. The van der Waals surface area contributed by atoms with E-state index >= 15 is 4.39 Å². The van der Waals surface area contributed by atoms with Crippen LogP contribution in [0.2, 0.25) is 0 Å². The molecular formula is C28H34FN3O7. The highest BCUT2D eigenvalue weighted by Gasteiger charge is 2.59. The van der Waals surface area contributed by atoms with Crippen LogP contribution in [0.15, 0.2) is 28.7 Å². The molecule has 5 N–H and O–H groups in total. The van der Waals surface area contributed by atoms with Crippen LogP contribution in [0.5, 0.6) is 5.75 Å². The summed E-state index contributed by atoms with van der Waals surface area (Å²) in [7, 11) is 6.33. The molecule has 0 bridgehead atoms. The number of aromatic hydroxyl groups is 1. The third kappa shape index (κ3) is 4.01. The number of halogens is 1. The summed E-state index contributed by atoms with van der Waals surface area (Å²) in [6, 6.07) is 0.389. The molecule has 39 heavy (non-hydrogen) atoms. The Balaban J connectivity index is 1.60. The van der Waals surface area contributed by atoms with Crippen LogP contribution in [0.25, 0.3) is 0 Å². The Morgan fingerprint density at radius 3 is 2.44 bits per heavy atom. The number of phenolic OH excluding ortho intramolecular Hbond substituents is 1. The molecule has 0 heterocycles. The van der Waals surface area contributed by atoms with Gasteiger partial charge in [0.1, 0.15) is 28.7 Å². The number of primary amides is 1. The van der Waals surface area contributed by atoms with Crippen molar-refractivity contribution in [1.29, 1.82) is 0 Å². The number of rotatable bonds is 6. The third-order valence-corrected chi connectivity index (χ3v) is 8.88. The lowest BCUT2D eigenvalue weighted by Gasteiger charge is -2.53. The molecule has 0 radical (unpaired) electrons. The zero-order valence-electron chi connectivity index (χ0n) is 22.5. The molecule has 1 aromatic rings. The summed E-state index contributed by atoms with van der Waals surface area (Å²) in [5.41, 5.74) is 3.80. The van der Waals surface area contributed by atoms with E-state index in [-0.39, 0.29) is 71.2 Å². The number of allylic oxidation sites excluding steroid dienone is 1. The van der Waals surface area contributed by atoms with Gasteiger partial charge in [0.25, 0.3) is 0 Å². The van der Waals surface area contributed by atoms with Crippen LogP contribution >= 0.6 is 0 Å². The maximum atomic E-state index is 15.9. The molecule has 0 saturated heterocycles. The third-order valence-electron chi connectivity index (χ3n) is 8.88. The quantitative estimate of drug-likeness (QED) is 0.426. The standard InChI is InChI=1S/C28H34FN3O7/c1-31(2)22-17-8-13-7-15-20(18(33)9-14(21(15)29)11-32(3)27(38)12-5-6-12)24(35)19(13)25(36)28(17,39-4)10-16(23(22)34)26(30)37/h9,12-13,17,22,33-34,36H,5-8,10-11H2,1-4H3,(H2,30,37)/t13-,17-,22-,28-/m0/s1. The summed E-state index contributed by atoms with van der Waals surface area (Å²) in [5, 5.41) is 33.5. The van der Waals surface area contributed by atoms with Crippen molar-refractivity contribution in [2.24, 2.45) is 23.5 Å². The number of ether oxygens (including phenoxy) is 1. The number of hydrogen-bond donors (Lipinski definition) is 4. The number of Topliss-reactive ketones (excluding diaryl/α,β-unsaturated/α-hetero) is 1. The molecule has 5 rings (SSSR count). The Hall–Kier alpha value is -3.44. The minimum absolute atomic E-state index is 0.00760. The molecule has 0 unspecified atom stereocenters. The molecule has 2 amide bonds. The van der Waals surface area contributed by atoms with Crippen LogP contribution in [0, 0.1) is 23.6 Å². The van der Waals surface area contributed by atoms with E-state index in [1.807, 2.05) is 0 Å². The predicted molar refractivity (Wildman–Crippen MR) is 137 cm³/mol. The van der Waals surface area contributed by atoms with Crippen molar-refractivity contribution in [2.75, 3.05) is 28.3 Å². The molecule has 4 atom stereocenters. The lowest BCUT2D eigenvalue weighted by atomic mass is 9.59. The van der Waals surface area contributed by atoms with Gasteiger partial charge < -0.3 is 30.7 Å². The fraction of sp³-hybridized carbons (Fsp3) is 0.536. The van der Waals surface area contributed by atoms with Gasteiger partial charge in [-0.05, 0) is 51.8 Å². The van der Waals surface area contributed by atoms with Crippen LogP contribution in [0.1, 0.15) is 47.2 Å². The summed E-state index contributed by atoms with van der Waals surface area (Å²) in [5.74, 6) is -4.70. The molecule has 210 valence electrons. The Bertz CT molecular complexity index is 1350. The van der Waals surface area contributed by atoms with E-state index in [9.17, 15) is 29.7 Å². The lowest BCUT2D eigenvalue weighted by Crippen LogP contribution is -2.60. The first-order valence-electron chi connectivity index (χ1n) is 13.0. The predicted octanol–water partition coefficient (Wildman–Crippen LogP) is 2.10. The first-order valence-corrected chi connectivity index (χ1v) is 13.0. The van der Waals surface area contributed by atoms with Gasteiger partial charge in [-0.25, -0.2) is 4.39 Å². The molecule has 1 saturated carbocycles. The number of phenols is 1. The number of benzene rings is 1. The second-order valence-electron chi connectivity index (χ2n) is 11.4. The monoisotopic (exact) mass is 543 g/mol. The maximum Gasteiger partial charge on any atom is 0.248 e. The molecule has 1 aromatic carbocycles. The molecule has 11 heteroatoms. The maximum absolute atomic E-state index is 15.9. The summed E-state index contributed by atoms with van der Waals surface area (Å²) >= 11 is 0. The van der Waals surface area contributed by atoms with Crippen molar-refractivity contribution >= 4 is 17.6 Å². The highest BCUT2D eigenvalue weighted by molar-refractivity contribution is 6.13. The highest BCUT2D eigenvalue weighted by atomic mass is 19.1. The fourth-order valence-electron chi connectivity index (χ4n) is 6.82. The van der Waals surface area contributed by atoms with E-state index in [4.69, 9.17) is 10.5 Å². The van der Waals surface area contributed by atoms with Gasteiger partial charge in [0.05, 0.1) is 17.2 Å². The Labute approximate surface area is 225 Å². The van der Waals surface area contributed by atoms with Crippen molar-refractivity contribution in [1.82, 2.24) is 9.80 Å². The smallest absolute Gasteiger partial charge is 0.248 e. The number of amides is 2. The number of nitrogens with two attached hydrogens (primary N) is 1. The van der Waals surface area contributed by atoms with E-state index in [0.29, 0.717) is 0 Å². The minimum atomic E-state index is -1.54. The number of hydrogen-bond acceptors (Lipinski definition) is 8. The SMILES string of the molecule is CO[C@@]12CC(C(N)=O)=C(O)[C@@H](N(C)C)[C@@H]1C[C@@H]1Cc3c(F)c(CN(C)C(=O)C4CC4)cc(O)c3C(=O)C1=C2O. The number of carbonyl (C=O) groups excluding carboxylic acids is 3. The number of likely N-dealkylation sites (N-methyl/N-ethyl adjacent to an activating group) is 1. The van der Waals surface area contributed by atoms with Gasteiger partial charge in [-0.2, -0.15) is 0 Å². The number of aliphatic hydroxyl groups is 2. The molecule has 4 aliphatic rings. The fourth-order valence-corrected chi connectivity index (χ4v) is 6.82. The summed E-state index contributed by atoms with van der Waals surface area (Å²) < 4.78 is 21.7. The van der Waals surface area contributed by atoms with E-state index in [2.05, 4.69) is 0 Å². The number of carbonyl (C=O) groups is 3. The van der Waals surface area contributed by atoms with Crippen molar-refractivity contribution in [3.8, 4) is 5.75 Å². The molecule has 0 spiro atoms. The number of nitrogens with zero attached hydrogens (tertiary/aromatic N) is 2. The van der Waals surface area contributed by atoms with Gasteiger partial charge in [0.2, 0.25) is 11.8 Å². The van der Waals surface area contributed by atoms with Gasteiger partial charge in [-0.15, -0.1) is 0 Å². The van der Waals surface area contributed by atoms with Crippen LogP contribution in [0.4, 0.5) is 4.39 Å². The summed E-state index contributed by atoms with van der Waals surface area (Å²) in [6.45, 7) is -0.0541. The molecule has 10 nitrogen and oxygen atoms in total. The average Bonchev–Trinajstić information content (AvgIpc) is 3.71. The summed E-state index contributed by atoms with van der Waals surface area (Å²) in [6.07, 6.45) is 1.60. The summed E-state index contributed by atoms with van der Waals surface area (Å²) in [4.78, 5) is 41.5. The molecule has 0 aliphatic heterocycles.